The molecule has 0 saturated carbocycles. The van der Waals surface area contributed by atoms with Crippen molar-refractivity contribution in [1.29, 1.82) is 5.41 Å². The molecule has 2 N–H and O–H groups in total. The fourth-order valence-corrected chi connectivity index (χ4v) is 3.19. The Bertz CT molecular complexity index is 1300. The predicted molar refractivity (Wildman–Crippen MR) is 122 cm³/mol. The van der Waals surface area contributed by atoms with Gasteiger partial charge in [0.1, 0.15) is 0 Å². The zero-order chi connectivity index (χ0) is 21.6. The average molecular weight is 408 g/mol. The number of aryl methyl sites for hydroxylation is 1. The van der Waals surface area contributed by atoms with Gasteiger partial charge in [0.2, 0.25) is 5.43 Å². The van der Waals surface area contributed by atoms with Crippen molar-refractivity contribution in [3.8, 4) is 16.9 Å². The van der Waals surface area contributed by atoms with Gasteiger partial charge >= 0.3 is 0 Å². The predicted octanol–water partition coefficient (Wildman–Crippen LogP) is 4.10. The summed E-state index contributed by atoms with van der Waals surface area (Å²) in [5.74, 6) is 0. The van der Waals surface area contributed by atoms with Gasteiger partial charge in [0.25, 0.3) is 0 Å². The molecule has 2 aromatic carbocycles. The van der Waals surface area contributed by atoms with Gasteiger partial charge in [-0.2, -0.15) is 5.10 Å². The summed E-state index contributed by atoms with van der Waals surface area (Å²) in [6.07, 6.45) is 9.30. The number of para-hydroxylation sites is 1. The molecule has 152 valence electrons. The molecule has 0 spiro atoms. The fraction of sp³-hybridized carbons (Fsp3) is 0.0417. The first-order chi connectivity index (χ1) is 15.2. The van der Waals surface area contributed by atoms with E-state index in [4.69, 9.17) is 5.41 Å². The number of nitrogens with one attached hydrogen (secondary N) is 2. The molecule has 31 heavy (non-hydrogen) atoms. The number of hydrogen-bond donors (Lipinski definition) is 2. The Labute approximate surface area is 179 Å². The smallest absolute Gasteiger partial charge is 0.209 e. The molecule has 2 heterocycles. The maximum atomic E-state index is 12.6. The molecule has 0 aliphatic heterocycles. The van der Waals surface area contributed by atoms with E-state index in [1.807, 2.05) is 55.5 Å². The van der Waals surface area contributed by atoms with E-state index in [-0.39, 0.29) is 11.1 Å². The van der Waals surface area contributed by atoms with Gasteiger partial charge in [0.05, 0.1) is 23.3 Å². The van der Waals surface area contributed by atoms with Gasteiger partial charge in [-0.05, 0) is 42.8 Å². The number of benzene rings is 2. The minimum absolute atomic E-state index is 0.229. The molecule has 0 aliphatic carbocycles. The summed E-state index contributed by atoms with van der Waals surface area (Å²) in [5, 5.41) is 15.2. The third-order valence-electron chi connectivity index (χ3n) is 4.67. The van der Waals surface area contributed by atoms with Crippen LogP contribution in [-0.4, -0.2) is 26.0 Å². The van der Waals surface area contributed by atoms with Crippen LogP contribution in [0.15, 0.2) is 90.3 Å². The van der Waals surface area contributed by atoms with Crippen LogP contribution in [0.4, 0.5) is 5.69 Å². The Morgan fingerprint density at radius 3 is 2.65 bits per heavy atom. The van der Waals surface area contributed by atoms with E-state index in [1.54, 1.807) is 29.5 Å². The van der Waals surface area contributed by atoms with Crippen LogP contribution >= 0.6 is 0 Å². The second-order valence-electron chi connectivity index (χ2n) is 6.80. The first-order valence-corrected chi connectivity index (χ1v) is 9.66. The van der Waals surface area contributed by atoms with Crippen LogP contribution < -0.4 is 10.7 Å². The third kappa shape index (κ3) is 4.45. The van der Waals surface area contributed by atoms with E-state index < -0.39 is 0 Å². The van der Waals surface area contributed by atoms with E-state index in [0.717, 1.165) is 34.4 Å². The molecule has 0 fully saturated rings. The normalized spacial score (nSPS) is 11.2. The third-order valence-corrected chi connectivity index (χ3v) is 4.67. The Kier molecular flexibility index (Phi) is 5.75. The summed E-state index contributed by atoms with van der Waals surface area (Å²) in [5.41, 5.74) is 4.79. The summed E-state index contributed by atoms with van der Waals surface area (Å²) < 4.78 is 1.66. The van der Waals surface area contributed by atoms with Crippen molar-refractivity contribution in [3.63, 3.8) is 0 Å². The molecule has 0 bridgehead atoms. The minimum Gasteiger partial charge on any atom is -0.354 e. The van der Waals surface area contributed by atoms with Crippen molar-refractivity contribution in [1.82, 2.24) is 19.7 Å². The lowest BCUT2D eigenvalue weighted by Gasteiger charge is -2.14. The highest BCUT2D eigenvalue weighted by Gasteiger charge is 2.12. The lowest BCUT2D eigenvalue weighted by atomic mass is 10.1. The quantitative estimate of drug-likeness (QED) is 0.468. The summed E-state index contributed by atoms with van der Waals surface area (Å²) >= 11 is 0. The van der Waals surface area contributed by atoms with Crippen molar-refractivity contribution in [2.75, 3.05) is 5.32 Å². The molecular weight excluding hydrogens is 388 g/mol. The molecule has 0 amide bonds. The van der Waals surface area contributed by atoms with Crippen LogP contribution in [-0.2, 0) is 0 Å². The van der Waals surface area contributed by atoms with Crippen LogP contribution in [0.25, 0.3) is 22.6 Å². The second-order valence-corrected chi connectivity index (χ2v) is 6.80. The molecule has 4 rings (SSSR count). The molecule has 0 aliphatic rings. The zero-order valence-corrected chi connectivity index (χ0v) is 16.9. The SMILES string of the molecule is Cc1cc(-c2cnccn2)ccc1-n1ccc(=O)c(/C(=C/C=N)Nc2ccccc2)n1. The average Bonchev–Trinajstić information content (AvgIpc) is 2.80. The van der Waals surface area contributed by atoms with Gasteiger partial charge in [-0.3, -0.25) is 14.8 Å². The van der Waals surface area contributed by atoms with Crippen LogP contribution in [0.2, 0.25) is 0 Å². The Hall–Kier alpha value is -4.39. The minimum atomic E-state index is -0.235. The van der Waals surface area contributed by atoms with Gasteiger partial charge < -0.3 is 10.7 Å². The highest BCUT2D eigenvalue weighted by molar-refractivity contribution is 5.86. The topological polar surface area (TPSA) is 96.5 Å². The number of aromatic nitrogens is 4. The van der Waals surface area contributed by atoms with Crippen molar-refractivity contribution in [2.24, 2.45) is 0 Å². The largest absolute Gasteiger partial charge is 0.354 e. The molecule has 0 atom stereocenters. The molecule has 0 saturated heterocycles. The van der Waals surface area contributed by atoms with Crippen LogP contribution in [0.3, 0.4) is 0 Å². The Morgan fingerprint density at radius 1 is 1.10 bits per heavy atom. The number of anilines is 1. The number of allylic oxidation sites excluding steroid dienone is 1. The molecule has 4 aromatic rings. The summed E-state index contributed by atoms with van der Waals surface area (Å²) in [4.78, 5) is 21.0. The zero-order valence-electron chi connectivity index (χ0n) is 16.9. The van der Waals surface area contributed by atoms with E-state index in [0.29, 0.717) is 5.70 Å². The van der Waals surface area contributed by atoms with Gasteiger partial charge in [-0.15, -0.1) is 0 Å². The lowest BCUT2D eigenvalue weighted by molar-refractivity contribution is 0.819. The molecule has 2 aromatic heterocycles. The maximum Gasteiger partial charge on any atom is 0.209 e. The van der Waals surface area contributed by atoms with Crippen molar-refractivity contribution in [2.45, 2.75) is 6.92 Å². The summed E-state index contributed by atoms with van der Waals surface area (Å²) in [6.45, 7) is 1.98. The highest BCUT2D eigenvalue weighted by atomic mass is 16.1. The number of rotatable bonds is 6. The maximum absolute atomic E-state index is 12.6. The van der Waals surface area contributed by atoms with Crippen LogP contribution in [0.1, 0.15) is 11.3 Å². The van der Waals surface area contributed by atoms with Gasteiger partial charge in [0.15, 0.2) is 5.69 Å². The first-order valence-electron chi connectivity index (χ1n) is 9.66. The molecule has 7 heteroatoms. The Morgan fingerprint density at radius 2 is 1.94 bits per heavy atom. The van der Waals surface area contributed by atoms with Crippen molar-refractivity contribution in [3.05, 3.63) is 107 Å². The van der Waals surface area contributed by atoms with Gasteiger partial charge in [0, 0.05) is 42.1 Å². The molecule has 0 radical (unpaired) electrons. The molecule has 7 nitrogen and oxygen atoms in total. The van der Waals surface area contributed by atoms with Crippen LogP contribution in [0, 0.1) is 12.3 Å². The van der Waals surface area contributed by atoms with E-state index in [9.17, 15) is 4.79 Å². The summed E-state index contributed by atoms with van der Waals surface area (Å²) in [6, 6.07) is 16.8. The van der Waals surface area contributed by atoms with Crippen molar-refractivity contribution < 1.29 is 0 Å². The van der Waals surface area contributed by atoms with Crippen LogP contribution in [0.5, 0.6) is 0 Å². The standard InChI is InChI=1S/C24H20N6O/c1-17-15-18(21-16-26-12-13-27-21)7-8-22(17)30-14-10-23(31)24(29-30)20(9-11-25)28-19-5-3-2-4-6-19/h2-16,25,28H,1H3/b20-9-,25-11?. The monoisotopic (exact) mass is 408 g/mol. The van der Waals surface area contributed by atoms with E-state index in [2.05, 4.69) is 20.4 Å². The number of hydrogen-bond acceptors (Lipinski definition) is 6. The lowest BCUT2D eigenvalue weighted by Crippen LogP contribution is -2.18. The van der Waals surface area contributed by atoms with Gasteiger partial charge in [-0.25, -0.2) is 4.68 Å². The molecular formula is C24H20N6O. The number of nitrogens with zero attached hydrogens (tertiary/aromatic N) is 4. The Balaban J connectivity index is 1.73. The van der Waals surface area contributed by atoms with Crippen molar-refractivity contribution >= 4 is 17.6 Å². The summed E-state index contributed by atoms with van der Waals surface area (Å²) in [7, 11) is 0. The highest BCUT2D eigenvalue weighted by Crippen LogP contribution is 2.22. The second kappa shape index (κ2) is 8.96. The van der Waals surface area contributed by atoms with E-state index in [1.165, 1.54) is 12.1 Å². The van der Waals surface area contributed by atoms with E-state index >= 15 is 0 Å². The van der Waals surface area contributed by atoms with Gasteiger partial charge in [-0.1, -0.05) is 24.3 Å². The first kappa shape index (κ1) is 19.9. The molecule has 0 unspecified atom stereocenters. The fourth-order valence-electron chi connectivity index (χ4n) is 3.19.